The molecule has 4 rings (SSSR count). The van der Waals surface area contributed by atoms with Gasteiger partial charge in [-0.3, -0.25) is 9.10 Å². The third kappa shape index (κ3) is 4.44. The zero-order chi connectivity index (χ0) is 21.8. The first kappa shape index (κ1) is 20.6. The van der Waals surface area contributed by atoms with Crippen molar-refractivity contribution in [2.75, 3.05) is 16.7 Å². The Morgan fingerprint density at radius 1 is 0.806 bits per heavy atom. The van der Waals surface area contributed by atoms with Crippen LogP contribution < -0.4 is 9.62 Å². The van der Waals surface area contributed by atoms with Crippen LogP contribution in [0.3, 0.4) is 0 Å². The Labute approximate surface area is 182 Å². The average molecular weight is 431 g/mol. The van der Waals surface area contributed by atoms with Gasteiger partial charge in [0, 0.05) is 18.1 Å². The van der Waals surface area contributed by atoms with Crippen LogP contribution in [-0.2, 0) is 21.2 Å². The molecule has 0 saturated carbocycles. The van der Waals surface area contributed by atoms with Crippen molar-refractivity contribution in [3.05, 3.63) is 103 Å². The van der Waals surface area contributed by atoms with Crippen LogP contribution in [0, 0.1) is 0 Å². The van der Waals surface area contributed by atoms with Crippen LogP contribution >= 0.6 is 0 Å². The second-order valence-corrected chi connectivity index (χ2v) is 9.17. The fourth-order valence-electron chi connectivity index (χ4n) is 3.43. The Balaban J connectivity index is 1.46. The molecule has 0 bridgehead atoms. The van der Waals surface area contributed by atoms with Crippen LogP contribution in [0.4, 0.5) is 11.4 Å². The van der Waals surface area contributed by atoms with Crippen molar-refractivity contribution in [2.24, 2.45) is 0 Å². The second-order valence-electron chi connectivity index (χ2n) is 7.20. The molecule has 0 spiro atoms. The van der Waals surface area contributed by atoms with Gasteiger partial charge in [-0.25, -0.2) is 8.42 Å². The molecule has 0 aliphatic heterocycles. The van der Waals surface area contributed by atoms with E-state index < -0.39 is 10.0 Å². The standard InChI is InChI=1S/C25H22N2O3S/c1-27(31(29,30)22-10-3-2-4-11-22)21-16-14-19(15-17-21)18-25(28)26-24-13-7-9-20-8-5-6-12-23(20)24/h2-17H,18H2,1H3,(H,26,28). The number of nitrogens with zero attached hydrogens (tertiary/aromatic N) is 1. The summed E-state index contributed by atoms with van der Waals surface area (Å²) >= 11 is 0. The highest BCUT2D eigenvalue weighted by Crippen LogP contribution is 2.24. The van der Waals surface area contributed by atoms with Crippen LogP contribution in [0.1, 0.15) is 5.56 Å². The molecule has 0 saturated heterocycles. The van der Waals surface area contributed by atoms with E-state index in [0.29, 0.717) is 5.69 Å². The van der Waals surface area contributed by atoms with Crippen molar-refractivity contribution >= 4 is 38.1 Å². The fraction of sp³-hybridized carbons (Fsp3) is 0.0800. The lowest BCUT2D eigenvalue weighted by Crippen LogP contribution is -2.26. The zero-order valence-corrected chi connectivity index (χ0v) is 17.8. The van der Waals surface area contributed by atoms with Crippen molar-refractivity contribution in [3.8, 4) is 0 Å². The smallest absolute Gasteiger partial charge is 0.264 e. The summed E-state index contributed by atoms with van der Waals surface area (Å²) in [7, 11) is -2.12. The number of sulfonamides is 1. The monoisotopic (exact) mass is 430 g/mol. The molecule has 31 heavy (non-hydrogen) atoms. The van der Waals surface area contributed by atoms with Gasteiger partial charge in [0.1, 0.15) is 0 Å². The van der Waals surface area contributed by atoms with E-state index in [-0.39, 0.29) is 17.2 Å². The maximum absolute atomic E-state index is 12.8. The van der Waals surface area contributed by atoms with E-state index in [0.717, 1.165) is 22.0 Å². The van der Waals surface area contributed by atoms with Gasteiger partial charge in [-0.15, -0.1) is 0 Å². The van der Waals surface area contributed by atoms with E-state index >= 15 is 0 Å². The lowest BCUT2D eigenvalue weighted by atomic mass is 10.1. The summed E-state index contributed by atoms with van der Waals surface area (Å²) < 4.78 is 26.8. The minimum Gasteiger partial charge on any atom is -0.325 e. The number of fused-ring (bicyclic) bond motifs is 1. The number of hydrogen-bond donors (Lipinski definition) is 1. The molecular weight excluding hydrogens is 408 g/mol. The molecule has 0 aliphatic rings. The summed E-state index contributed by atoms with van der Waals surface area (Å²) in [5, 5.41) is 5.02. The number of carbonyl (C=O) groups is 1. The summed E-state index contributed by atoms with van der Waals surface area (Å²) in [6.45, 7) is 0. The molecule has 1 amide bonds. The van der Waals surface area contributed by atoms with Gasteiger partial charge < -0.3 is 5.32 Å². The van der Waals surface area contributed by atoms with Crippen LogP contribution in [0.2, 0.25) is 0 Å². The Hall–Kier alpha value is -3.64. The zero-order valence-electron chi connectivity index (χ0n) is 17.0. The fourth-order valence-corrected chi connectivity index (χ4v) is 4.64. The van der Waals surface area contributed by atoms with Gasteiger partial charge in [0.05, 0.1) is 17.0 Å². The Morgan fingerprint density at radius 2 is 1.45 bits per heavy atom. The van der Waals surface area contributed by atoms with Gasteiger partial charge in [0.15, 0.2) is 0 Å². The molecular formula is C25H22N2O3S. The number of anilines is 2. The predicted octanol–water partition coefficient (Wildman–Crippen LogP) is 4.85. The number of benzene rings is 4. The van der Waals surface area contributed by atoms with Crippen LogP contribution in [0.25, 0.3) is 10.8 Å². The van der Waals surface area contributed by atoms with Crippen molar-refractivity contribution in [1.29, 1.82) is 0 Å². The largest absolute Gasteiger partial charge is 0.325 e. The highest BCUT2D eigenvalue weighted by molar-refractivity contribution is 7.92. The lowest BCUT2D eigenvalue weighted by Gasteiger charge is -2.19. The average Bonchev–Trinajstić information content (AvgIpc) is 2.80. The van der Waals surface area contributed by atoms with Crippen molar-refractivity contribution in [1.82, 2.24) is 0 Å². The highest BCUT2D eigenvalue weighted by atomic mass is 32.2. The molecule has 5 nitrogen and oxygen atoms in total. The first-order valence-electron chi connectivity index (χ1n) is 9.86. The second kappa shape index (κ2) is 8.62. The maximum Gasteiger partial charge on any atom is 0.264 e. The maximum atomic E-state index is 12.8. The van der Waals surface area contributed by atoms with Gasteiger partial charge in [0.2, 0.25) is 5.91 Å². The van der Waals surface area contributed by atoms with Gasteiger partial charge in [-0.2, -0.15) is 0 Å². The van der Waals surface area contributed by atoms with Crippen LogP contribution in [0.15, 0.2) is 102 Å². The number of rotatable bonds is 6. The van der Waals surface area contributed by atoms with E-state index in [4.69, 9.17) is 0 Å². The van der Waals surface area contributed by atoms with Crippen LogP contribution in [0.5, 0.6) is 0 Å². The summed E-state index contributed by atoms with van der Waals surface area (Å²) in [5.74, 6) is -0.130. The van der Waals surface area contributed by atoms with E-state index in [1.807, 2.05) is 42.5 Å². The van der Waals surface area contributed by atoms with Gasteiger partial charge >= 0.3 is 0 Å². The molecule has 156 valence electrons. The summed E-state index contributed by atoms with van der Waals surface area (Å²) in [5.41, 5.74) is 2.10. The Kier molecular flexibility index (Phi) is 5.73. The van der Waals surface area contributed by atoms with Gasteiger partial charge in [0.25, 0.3) is 10.0 Å². The number of nitrogens with one attached hydrogen (secondary N) is 1. The van der Waals surface area contributed by atoms with Gasteiger partial charge in [-0.1, -0.05) is 66.7 Å². The minimum atomic E-state index is -3.64. The molecule has 0 unspecified atom stereocenters. The SMILES string of the molecule is CN(c1ccc(CC(=O)Nc2cccc3ccccc23)cc1)S(=O)(=O)c1ccccc1. The molecule has 4 aromatic carbocycles. The minimum absolute atomic E-state index is 0.130. The molecule has 0 fully saturated rings. The van der Waals surface area contributed by atoms with Crippen LogP contribution in [-0.4, -0.2) is 21.4 Å². The molecule has 0 aromatic heterocycles. The molecule has 0 radical (unpaired) electrons. The number of amides is 1. The predicted molar refractivity (Wildman–Crippen MR) is 125 cm³/mol. The van der Waals surface area contributed by atoms with Gasteiger partial charge in [-0.05, 0) is 41.3 Å². The van der Waals surface area contributed by atoms with Crippen molar-refractivity contribution in [2.45, 2.75) is 11.3 Å². The van der Waals surface area contributed by atoms with Crippen molar-refractivity contribution < 1.29 is 13.2 Å². The van der Waals surface area contributed by atoms with E-state index in [9.17, 15) is 13.2 Å². The number of carbonyl (C=O) groups excluding carboxylic acids is 1. The summed E-state index contributed by atoms with van der Waals surface area (Å²) in [6, 6.07) is 28.9. The molecule has 0 aliphatic carbocycles. The topological polar surface area (TPSA) is 66.5 Å². The molecule has 0 atom stereocenters. The summed E-state index contributed by atoms with van der Waals surface area (Å²) in [6.07, 6.45) is 0.193. The molecule has 4 aromatic rings. The van der Waals surface area contributed by atoms with E-state index in [2.05, 4.69) is 5.32 Å². The molecule has 1 N–H and O–H groups in total. The Bertz CT molecular complexity index is 1310. The normalized spacial score (nSPS) is 11.3. The van der Waals surface area contributed by atoms with E-state index in [1.54, 1.807) is 54.6 Å². The first-order valence-corrected chi connectivity index (χ1v) is 11.3. The highest BCUT2D eigenvalue weighted by Gasteiger charge is 2.20. The Morgan fingerprint density at radius 3 is 2.19 bits per heavy atom. The molecule has 6 heteroatoms. The quantitative estimate of drug-likeness (QED) is 0.476. The third-order valence-electron chi connectivity index (χ3n) is 5.13. The molecule has 0 heterocycles. The number of hydrogen-bond acceptors (Lipinski definition) is 3. The van der Waals surface area contributed by atoms with Crippen molar-refractivity contribution in [3.63, 3.8) is 0 Å². The lowest BCUT2D eigenvalue weighted by molar-refractivity contribution is -0.115. The summed E-state index contributed by atoms with van der Waals surface area (Å²) in [4.78, 5) is 12.8. The third-order valence-corrected chi connectivity index (χ3v) is 6.93. The first-order chi connectivity index (χ1) is 14.9. The van der Waals surface area contributed by atoms with E-state index in [1.165, 1.54) is 11.4 Å².